The van der Waals surface area contributed by atoms with E-state index in [1.807, 2.05) is 30.3 Å². The van der Waals surface area contributed by atoms with Crippen LogP contribution in [0.5, 0.6) is 0 Å². The van der Waals surface area contributed by atoms with E-state index in [1.54, 1.807) is 30.0 Å². The van der Waals surface area contributed by atoms with Crippen molar-refractivity contribution in [2.75, 3.05) is 0 Å². The maximum absolute atomic E-state index is 14.2. The number of nitrogens with zero attached hydrogens (tertiary/aromatic N) is 4. The zero-order valence-electron chi connectivity index (χ0n) is 20.4. The van der Waals surface area contributed by atoms with E-state index in [0.717, 1.165) is 28.5 Å². The van der Waals surface area contributed by atoms with Gasteiger partial charge < -0.3 is 14.9 Å². The van der Waals surface area contributed by atoms with Crippen molar-refractivity contribution in [3.8, 4) is 11.8 Å². The topological polar surface area (TPSA) is 88.5 Å². The summed E-state index contributed by atoms with van der Waals surface area (Å²) in [5.74, 6) is 4.92. The van der Waals surface area contributed by atoms with E-state index in [0.29, 0.717) is 22.5 Å². The summed E-state index contributed by atoms with van der Waals surface area (Å²) in [5, 5.41) is 4.04. The van der Waals surface area contributed by atoms with Crippen LogP contribution >= 0.6 is 0 Å². The van der Waals surface area contributed by atoms with E-state index in [4.69, 9.17) is 0 Å². The predicted molar refractivity (Wildman–Crippen MR) is 138 cm³/mol. The first-order chi connectivity index (χ1) is 18.4. The number of halogens is 2. The van der Waals surface area contributed by atoms with Gasteiger partial charge in [0.05, 0.1) is 24.8 Å². The third-order valence-corrected chi connectivity index (χ3v) is 6.44. The van der Waals surface area contributed by atoms with Crippen molar-refractivity contribution in [2.24, 2.45) is 0 Å². The molecule has 0 aliphatic carbocycles. The lowest BCUT2D eigenvalue weighted by molar-refractivity contribution is 0.0936. The van der Waals surface area contributed by atoms with Gasteiger partial charge in [-0.15, -0.1) is 0 Å². The predicted octanol–water partition coefficient (Wildman–Crippen LogP) is 4.42. The van der Waals surface area contributed by atoms with Gasteiger partial charge in [0.2, 0.25) is 0 Å². The second-order valence-electron chi connectivity index (χ2n) is 9.27. The van der Waals surface area contributed by atoms with Gasteiger partial charge in [-0.2, -0.15) is 0 Å². The van der Waals surface area contributed by atoms with Crippen molar-refractivity contribution >= 4 is 16.8 Å². The molecular formula is C29H22F2N6O. The van der Waals surface area contributed by atoms with Gasteiger partial charge in [0.25, 0.3) is 5.91 Å². The highest BCUT2D eigenvalue weighted by Crippen LogP contribution is 2.30. The Morgan fingerprint density at radius 2 is 2.00 bits per heavy atom. The zero-order chi connectivity index (χ0) is 26.2. The monoisotopic (exact) mass is 508 g/mol. The summed E-state index contributed by atoms with van der Waals surface area (Å²) >= 11 is 0. The molecule has 0 fully saturated rings. The van der Waals surface area contributed by atoms with E-state index in [-0.39, 0.29) is 18.7 Å². The van der Waals surface area contributed by atoms with Crippen LogP contribution in [0.15, 0.2) is 67.3 Å². The number of pyridine rings is 2. The summed E-state index contributed by atoms with van der Waals surface area (Å²) < 4.78 is 29.5. The number of fused-ring (bicyclic) bond motifs is 2. The first-order valence-corrected chi connectivity index (χ1v) is 12.1. The van der Waals surface area contributed by atoms with Crippen molar-refractivity contribution in [1.29, 1.82) is 0 Å². The average Bonchev–Trinajstić information content (AvgIpc) is 3.59. The minimum atomic E-state index is -0.987. The van der Waals surface area contributed by atoms with Crippen molar-refractivity contribution < 1.29 is 13.6 Å². The first-order valence-electron chi connectivity index (χ1n) is 12.1. The van der Waals surface area contributed by atoms with Crippen LogP contribution in [0.2, 0.25) is 0 Å². The number of aromatic amines is 1. The van der Waals surface area contributed by atoms with Crippen molar-refractivity contribution in [3.05, 3.63) is 113 Å². The van der Waals surface area contributed by atoms with E-state index in [1.165, 1.54) is 12.3 Å². The Hall–Kier alpha value is -4.84. The highest BCUT2D eigenvalue weighted by Gasteiger charge is 2.31. The number of imidazole rings is 1. The molecule has 0 radical (unpaired) electrons. The molecule has 5 heterocycles. The summed E-state index contributed by atoms with van der Waals surface area (Å²) in [4.78, 5) is 29.7. The van der Waals surface area contributed by atoms with Crippen molar-refractivity contribution in [2.45, 2.75) is 32.1 Å². The molecule has 1 aliphatic heterocycles. The van der Waals surface area contributed by atoms with Crippen LogP contribution in [0.25, 0.3) is 10.9 Å². The molecule has 2 atom stereocenters. The number of nitrogens with one attached hydrogen (secondary N) is 2. The molecule has 5 aromatic rings. The van der Waals surface area contributed by atoms with Crippen molar-refractivity contribution in [1.82, 2.24) is 29.8 Å². The first kappa shape index (κ1) is 23.6. The average molecular weight is 509 g/mol. The van der Waals surface area contributed by atoms with Gasteiger partial charge in [0.1, 0.15) is 23.7 Å². The Bertz CT molecular complexity index is 1710. The maximum Gasteiger partial charge on any atom is 0.270 e. The number of H-pyrrole nitrogens is 1. The maximum atomic E-state index is 14.2. The second-order valence-corrected chi connectivity index (χ2v) is 9.27. The number of carbonyl (C=O) groups excluding carboxylic acids is 1. The fourth-order valence-corrected chi connectivity index (χ4v) is 4.76. The molecule has 0 spiro atoms. The number of carbonyl (C=O) groups is 1. The normalized spacial score (nSPS) is 15.1. The summed E-state index contributed by atoms with van der Waals surface area (Å²) in [5.41, 5.74) is 4.75. The molecule has 1 aliphatic rings. The standard InChI is InChI=1S/C29H22F2N6O/c1-17-8-18(6-7-19-9-21(30)14-32-13-19)10-25(34-17)29(38)36-27(24-11-20-4-2-3-5-23(20)35-24)28-26-12-22(31)15-37(26)16-33-28/h2-5,8-11,13-14,16,22,27,35H,12,15H2,1H3,(H,36,38)/t22-,27?/m1/s1. The fraction of sp³-hybridized carbons (Fsp3) is 0.172. The minimum absolute atomic E-state index is 0.173. The fourth-order valence-electron chi connectivity index (χ4n) is 4.76. The van der Waals surface area contributed by atoms with Crippen LogP contribution in [-0.2, 0) is 13.0 Å². The van der Waals surface area contributed by atoms with Gasteiger partial charge in [-0.05, 0) is 42.6 Å². The van der Waals surface area contributed by atoms with Crippen LogP contribution in [0.4, 0.5) is 8.78 Å². The Balaban J connectivity index is 1.35. The summed E-state index contributed by atoms with van der Waals surface area (Å²) in [6.45, 7) is 2.02. The smallest absolute Gasteiger partial charge is 0.270 e. The molecule has 0 bridgehead atoms. The Morgan fingerprint density at radius 3 is 2.84 bits per heavy atom. The van der Waals surface area contributed by atoms with Crippen LogP contribution < -0.4 is 5.32 Å². The second kappa shape index (κ2) is 9.56. The lowest BCUT2D eigenvalue weighted by Crippen LogP contribution is -2.31. The van der Waals surface area contributed by atoms with Crippen LogP contribution in [0.3, 0.4) is 0 Å². The number of para-hydroxylation sites is 1. The molecule has 1 amide bonds. The summed E-state index contributed by atoms with van der Waals surface area (Å²) in [6.07, 6.45) is 3.44. The molecular weight excluding hydrogens is 486 g/mol. The highest BCUT2D eigenvalue weighted by atomic mass is 19.1. The van der Waals surface area contributed by atoms with Crippen LogP contribution in [0.1, 0.15) is 50.4 Å². The molecule has 7 nitrogen and oxygen atoms in total. The zero-order valence-corrected chi connectivity index (χ0v) is 20.4. The Morgan fingerprint density at radius 1 is 1.16 bits per heavy atom. The number of amides is 1. The minimum Gasteiger partial charge on any atom is -0.356 e. The third-order valence-electron chi connectivity index (χ3n) is 6.44. The molecule has 0 saturated heterocycles. The number of rotatable bonds is 4. The largest absolute Gasteiger partial charge is 0.356 e. The molecule has 0 saturated carbocycles. The number of aromatic nitrogens is 5. The molecule has 6 rings (SSSR count). The van der Waals surface area contributed by atoms with E-state index >= 15 is 0 Å². The highest BCUT2D eigenvalue weighted by molar-refractivity contribution is 5.93. The molecule has 4 aromatic heterocycles. The lowest BCUT2D eigenvalue weighted by atomic mass is 10.1. The lowest BCUT2D eigenvalue weighted by Gasteiger charge is -2.17. The number of hydrogen-bond donors (Lipinski definition) is 2. The molecule has 9 heteroatoms. The number of hydrogen-bond acceptors (Lipinski definition) is 4. The number of alkyl halides is 1. The Kier molecular flexibility index (Phi) is 5.92. The van der Waals surface area contributed by atoms with Gasteiger partial charge in [0, 0.05) is 46.3 Å². The van der Waals surface area contributed by atoms with Gasteiger partial charge >= 0.3 is 0 Å². The van der Waals surface area contributed by atoms with E-state index in [2.05, 4.69) is 37.1 Å². The quantitative estimate of drug-likeness (QED) is 0.352. The van der Waals surface area contributed by atoms with E-state index in [9.17, 15) is 13.6 Å². The number of benzene rings is 1. The molecule has 188 valence electrons. The van der Waals surface area contributed by atoms with Crippen LogP contribution in [0, 0.1) is 24.6 Å². The summed E-state index contributed by atoms with van der Waals surface area (Å²) in [7, 11) is 0. The molecule has 2 N–H and O–H groups in total. The van der Waals surface area contributed by atoms with Gasteiger partial charge in [-0.1, -0.05) is 30.0 Å². The van der Waals surface area contributed by atoms with Gasteiger partial charge in [0.15, 0.2) is 0 Å². The van der Waals surface area contributed by atoms with Crippen molar-refractivity contribution in [3.63, 3.8) is 0 Å². The Labute approximate surface area is 217 Å². The molecule has 1 unspecified atom stereocenters. The van der Waals surface area contributed by atoms with E-state index < -0.39 is 23.9 Å². The SMILES string of the molecule is Cc1cc(C#Cc2cncc(F)c2)cc(C(=O)NC(c2cc3ccccc3[nH]2)c2ncn3c2C[C@@H](F)C3)n1. The van der Waals surface area contributed by atoms with Gasteiger partial charge in [-0.3, -0.25) is 9.78 Å². The molecule has 1 aromatic carbocycles. The third kappa shape index (κ3) is 4.64. The summed E-state index contributed by atoms with van der Waals surface area (Å²) in [6, 6.07) is 13.7. The number of aryl methyl sites for hydroxylation is 1. The van der Waals surface area contributed by atoms with Gasteiger partial charge in [-0.25, -0.2) is 18.7 Å². The van der Waals surface area contributed by atoms with Crippen LogP contribution in [-0.4, -0.2) is 36.6 Å². The molecule has 38 heavy (non-hydrogen) atoms.